The molecule has 1 heterocycles. The summed E-state index contributed by atoms with van der Waals surface area (Å²) in [5.74, 6) is -0.190. The van der Waals surface area contributed by atoms with E-state index in [1.54, 1.807) is 18.3 Å². The number of carbonyl (C=O) groups excluding carboxylic acids is 1. The van der Waals surface area contributed by atoms with Crippen LogP contribution in [0, 0.1) is 6.92 Å². The highest BCUT2D eigenvalue weighted by molar-refractivity contribution is 5.95. The van der Waals surface area contributed by atoms with E-state index in [-0.39, 0.29) is 5.91 Å². The molecule has 1 rings (SSSR count). The predicted molar refractivity (Wildman–Crippen MR) is 64.5 cm³/mol. The molecule has 0 radical (unpaired) electrons. The number of carbonyl (C=O) groups is 1. The Bertz CT molecular complexity index is 393. The molecule has 0 fully saturated rings. The Morgan fingerprint density at radius 3 is 2.69 bits per heavy atom. The monoisotopic (exact) mass is 219 g/mol. The van der Waals surface area contributed by atoms with Crippen molar-refractivity contribution in [2.45, 2.75) is 33.6 Å². The van der Waals surface area contributed by atoms with E-state index >= 15 is 0 Å². The molecule has 0 aliphatic rings. The molecule has 0 aliphatic heterocycles. The van der Waals surface area contributed by atoms with Gasteiger partial charge in [0.25, 0.3) is 5.91 Å². The summed E-state index contributed by atoms with van der Waals surface area (Å²) in [6.07, 6.45) is 3.33. The highest BCUT2D eigenvalue weighted by atomic mass is 16.2. The van der Waals surface area contributed by atoms with Gasteiger partial charge >= 0.3 is 0 Å². The zero-order valence-electron chi connectivity index (χ0n) is 9.95. The maximum Gasteiger partial charge on any atom is 0.271 e. The smallest absolute Gasteiger partial charge is 0.267 e. The van der Waals surface area contributed by atoms with Crippen molar-refractivity contribution in [1.29, 1.82) is 0 Å². The lowest BCUT2D eigenvalue weighted by atomic mass is 10.2. The van der Waals surface area contributed by atoms with Gasteiger partial charge in [-0.15, -0.1) is 0 Å². The van der Waals surface area contributed by atoms with Crippen LogP contribution in [0.1, 0.15) is 42.7 Å². The zero-order valence-corrected chi connectivity index (χ0v) is 9.95. The molecule has 1 aromatic rings. The fourth-order valence-corrected chi connectivity index (χ4v) is 1.29. The second-order valence-electron chi connectivity index (χ2n) is 3.51. The first-order valence-corrected chi connectivity index (χ1v) is 5.45. The van der Waals surface area contributed by atoms with Crippen LogP contribution in [0.15, 0.2) is 23.4 Å². The molecule has 0 unspecified atom stereocenters. The molecule has 4 nitrogen and oxygen atoms in total. The van der Waals surface area contributed by atoms with Crippen LogP contribution in [-0.2, 0) is 0 Å². The summed E-state index contributed by atoms with van der Waals surface area (Å²) < 4.78 is 0. The Morgan fingerprint density at radius 2 is 2.12 bits per heavy atom. The van der Waals surface area contributed by atoms with Gasteiger partial charge in [-0.25, -0.2) is 5.43 Å². The van der Waals surface area contributed by atoms with E-state index in [1.807, 2.05) is 20.8 Å². The first-order chi connectivity index (χ1) is 7.67. The number of amides is 1. The van der Waals surface area contributed by atoms with Crippen molar-refractivity contribution in [3.8, 4) is 0 Å². The highest BCUT2D eigenvalue weighted by Gasteiger charge is 2.04. The SMILES string of the molecule is CCC(CC)=NNC(=O)c1ccnc(C)c1. The van der Waals surface area contributed by atoms with E-state index in [2.05, 4.69) is 15.5 Å². The molecule has 16 heavy (non-hydrogen) atoms. The number of aryl methyl sites for hydroxylation is 1. The van der Waals surface area contributed by atoms with Gasteiger partial charge in [0.05, 0.1) is 0 Å². The third-order valence-corrected chi connectivity index (χ3v) is 2.29. The topological polar surface area (TPSA) is 54.4 Å². The Labute approximate surface area is 95.8 Å². The second-order valence-corrected chi connectivity index (χ2v) is 3.51. The number of hydrogen-bond donors (Lipinski definition) is 1. The van der Waals surface area contributed by atoms with Crippen LogP contribution >= 0.6 is 0 Å². The van der Waals surface area contributed by atoms with Crippen LogP contribution in [0.5, 0.6) is 0 Å². The standard InChI is InChI=1S/C12H17N3O/c1-4-11(5-2)14-15-12(16)10-6-7-13-9(3)8-10/h6-8H,4-5H2,1-3H3,(H,15,16). The van der Waals surface area contributed by atoms with Crippen LogP contribution in [0.4, 0.5) is 0 Å². The molecule has 0 spiro atoms. The summed E-state index contributed by atoms with van der Waals surface area (Å²) in [5, 5.41) is 4.06. The number of aromatic nitrogens is 1. The lowest BCUT2D eigenvalue weighted by molar-refractivity contribution is 0.0954. The summed E-state index contributed by atoms with van der Waals surface area (Å²) in [6.45, 7) is 5.89. The number of nitrogens with one attached hydrogen (secondary N) is 1. The minimum Gasteiger partial charge on any atom is -0.267 e. The van der Waals surface area contributed by atoms with E-state index in [4.69, 9.17) is 0 Å². The first kappa shape index (κ1) is 12.4. The molecule has 4 heteroatoms. The van der Waals surface area contributed by atoms with Crippen molar-refractivity contribution < 1.29 is 4.79 Å². The number of pyridine rings is 1. The molecule has 0 aromatic carbocycles. The number of nitrogens with zero attached hydrogens (tertiary/aromatic N) is 2. The minimum atomic E-state index is -0.190. The van der Waals surface area contributed by atoms with Crippen LogP contribution in [0.25, 0.3) is 0 Å². The Hall–Kier alpha value is -1.71. The summed E-state index contributed by atoms with van der Waals surface area (Å²) >= 11 is 0. The van der Waals surface area contributed by atoms with Crippen molar-refractivity contribution >= 4 is 11.6 Å². The summed E-state index contributed by atoms with van der Waals surface area (Å²) in [4.78, 5) is 15.7. The Kier molecular flexibility index (Phi) is 4.64. The van der Waals surface area contributed by atoms with Crippen LogP contribution in [0.2, 0.25) is 0 Å². The van der Waals surface area contributed by atoms with Gasteiger partial charge < -0.3 is 0 Å². The largest absolute Gasteiger partial charge is 0.271 e. The molecule has 0 saturated heterocycles. The normalized spacial score (nSPS) is 9.69. The average molecular weight is 219 g/mol. The zero-order chi connectivity index (χ0) is 12.0. The average Bonchev–Trinajstić information content (AvgIpc) is 2.30. The van der Waals surface area contributed by atoms with Gasteiger partial charge in [-0.1, -0.05) is 13.8 Å². The quantitative estimate of drug-likeness (QED) is 0.624. The molecule has 1 amide bonds. The molecular formula is C12H17N3O. The molecule has 0 bridgehead atoms. The van der Waals surface area contributed by atoms with Gasteiger partial charge in [0, 0.05) is 23.2 Å². The van der Waals surface area contributed by atoms with Gasteiger partial charge in [-0.2, -0.15) is 5.10 Å². The Balaban J connectivity index is 2.69. The predicted octanol–water partition coefficient (Wildman–Crippen LogP) is 2.30. The van der Waals surface area contributed by atoms with Crippen molar-refractivity contribution in [3.63, 3.8) is 0 Å². The minimum absolute atomic E-state index is 0.190. The van der Waals surface area contributed by atoms with Crippen molar-refractivity contribution in [3.05, 3.63) is 29.6 Å². The van der Waals surface area contributed by atoms with E-state index < -0.39 is 0 Å². The van der Waals surface area contributed by atoms with Gasteiger partial charge in [0.1, 0.15) is 0 Å². The molecule has 86 valence electrons. The summed E-state index contributed by atoms with van der Waals surface area (Å²) in [5.41, 5.74) is 4.94. The van der Waals surface area contributed by atoms with Crippen molar-refractivity contribution in [1.82, 2.24) is 10.4 Å². The number of rotatable bonds is 4. The van der Waals surface area contributed by atoms with Crippen molar-refractivity contribution in [2.75, 3.05) is 0 Å². The van der Waals surface area contributed by atoms with E-state index in [1.165, 1.54) is 0 Å². The van der Waals surface area contributed by atoms with Gasteiger partial charge in [-0.3, -0.25) is 9.78 Å². The molecule has 1 N–H and O–H groups in total. The van der Waals surface area contributed by atoms with Gasteiger partial charge in [0.15, 0.2) is 0 Å². The highest BCUT2D eigenvalue weighted by Crippen LogP contribution is 2.00. The summed E-state index contributed by atoms with van der Waals surface area (Å²) in [7, 11) is 0. The number of hydrogen-bond acceptors (Lipinski definition) is 3. The van der Waals surface area contributed by atoms with Crippen LogP contribution < -0.4 is 5.43 Å². The van der Waals surface area contributed by atoms with E-state index in [9.17, 15) is 4.79 Å². The maximum absolute atomic E-state index is 11.7. The third kappa shape index (κ3) is 3.46. The molecule has 0 aliphatic carbocycles. The van der Waals surface area contributed by atoms with Crippen LogP contribution in [0.3, 0.4) is 0 Å². The van der Waals surface area contributed by atoms with E-state index in [0.29, 0.717) is 5.56 Å². The molecule has 0 saturated carbocycles. The van der Waals surface area contributed by atoms with Crippen LogP contribution in [-0.4, -0.2) is 16.6 Å². The second kappa shape index (κ2) is 6.00. The molecule has 1 aromatic heterocycles. The first-order valence-electron chi connectivity index (χ1n) is 5.45. The Morgan fingerprint density at radius 1 is 1.44 bits per heavy atom. The van der Waals surface area contributed by atoms with Gasteiger partial charge in [-0.05, 0) is 31.9 Å². The fourth-order valence-electron chi connectivity index (χ4n) is 1.29. The molecule has 0 atom stereocenters. The maximum atomic E-state index is 11.7. The van der Waals surface area contributed by atoms with E-state index in [0.717, 1.165) is 24.2 Å². The lowest BCUT2D eigenvalue weighted by Crippen LogP contribution is -2.19. The molecular weight excluding hydrogens is 202 g/mol. The third-order valence-electron chi connectivity index (χ3n) is 2.29. The number of hydrazone groups is 1. The lowest BCUT2D eigenvalue weighted by Gasteiger charge is -2.03. The van der Waals surface area contributed by atoms with Crippen molar-refractivity contribution in [2.24, 2.45) is 5.10 Å². The summed E-state index contributed by atoms with van der Waals surface area (Å²) in [6, 6.07) is 3.41. The van der Waals surface area contributed by atoms with Gasteiger partial charge in [0.2, 0.25) is 0 Å². The fraction of sp³-hybridized carbons (Fsp3) is 0.417.